The van der Waals surface area contributed by atoms with Gasteiger partial charge in [0.15, 0.2) is 0 Å². The highest BCUT2D eigenvalue weighted by Crippen LogP contribution is 2.38. The summed E-state index contributed by atoms with van der Waals surface area (Å²) >= 11 is 13.8. The molecule has 2 aliphatic heterocycles. The fourth-order valence-electron chi connectivity index (χ4n) is 4.99. The minimum atomic E-state index is -3.64. The molecule has 0 radical (unpaired) electrons. The van der Waals surface area contributed by atoms with Crippen molar-refractivity contribution in [1.29, 1.82) is 0 Å². The van der Waals surface area contributed by atoms with E-state index in [2.05, 4.69) is 16.3 Å². The molecule has 0 N–H and O–H groups in total. The zero-order valence-electron chi connectivity index (χ0n) is 19.6. The van der Waals surface area contributed by atoms with Crippen molar-refractivity contribution in [2.75, 3.05) is 39.3 Å². The molecule has 190 valence electrons. The van der Waals surface area contributed by atoms with Gasteiger partial charge in [-0.3, -0.25) is 9.69 Å². The molecule has 0 unspecified atom stereocenters. The number of halogens is 2. The zero-order valence-corrected chi connectivity index (χ0v) is 22.8. The first-order valence-corrected chi connectivity index (χ1v) is 15.0. The Balaban J connectivity index is 1.29. The molecule has 5 rings (SSSR count). The second kappa shape index (κ2) is 10.8. The van der Waals surface area contributed by atoms with Crippen LogP contribution in [0, 0.1) is 0 Å². The SMILES string of the molecule is O=C(CN1CCc2sccc2[C@H]1c1ccc(Cl)cc1)N1CCCN(S(=O)(=O)c2ccc(Cl)cc2)CC1. The van der Waals surface area contributed by atoms with Gasteiger partial charge in [0.1, 0.15) is 0 Å². The molecule has 3 heterocycles. The maximum atomic E-state index is 13.4. The van der Waals surface area contributed by atoms with E-state index in [0.29, 0.717) is 36.1 Å². The molecule has 0 bridgehead atoms. The number of fused-ring (bicyclic) bond motifs is 1. The predicted octanol–water partition coefficient (Wildman–Crippen LogP) is 4.93. The number of hydrogen-bond acceptors (Lipinski definition) is 5. The van der Waals surface area contributed by atoms with Crippen molar-refractivity contribution in [3.05, 3.63) is 86.0 Å². The van der Waals surface area contributed by atoms with Crippen molar-refractivity contribution in [3.63, 3.8) is 0 Å². The number of hydrogen-bond donors (Lipinski definition) is 0. The molecule has 2 aromatic carbocycles. The van der Waals surface area contributed by atoms with Crippen LogP contribution in [0.2, 0.25) is 10.0 Å². The molecule has 1 amide bonds. The Morgan fingerprint density at radius 3 is 2.31 bits per heavy atom. The molecular weight excluding hydrogens is 537 g/mol. The zero-order chi connectivity index (χ0) is 25.3. The van der Waals surface area contributed by atoms with Gasteiger partial charge < -0.3 is 4.90 Å². The summed E-state index contributed by atoms with van der Waals surface area (Å²) in [6.07, 6.45) is 1.51. The van der Waals surface area contributed by atoms with Crippen LogP contribution in [-0.2, 0) is 21.2 Å². The standard InChI is InChI=1S/C26H27Cl2N3O3S2/c27-20-4-2-19(3-5-20)26-23-11-17-35-24(23)10-14-30(26)18-25(32)29-12-1-13-31(16-15-29)36(33,34)22-8-6-21(28)7-9-22/h2-9,11,17,26H,1,10,12-16,18H2/t26-/m1/s1. The predicted molar refractivity (Wildman–Crippen MR) is 144 cm³/mol. The van der Waals surface area contributed by atoms with Crippen molar-refractivity contribution >= 4 is 50.5 Å². The molecule has 1 saturated heterocycles. The van der Waals surface area contributed by atoms with Gasteiger partial charge in [-0.25, -0.2) is 8.42 Å². The van der Waals surface area contributed by atoms with Crippen LogP contribution in [0.5, 0.6) is 0 Å². The fraction of sp³-hybridized carbons (Fsp3) is 0.346. The van der Waals surface area contributed by atoms with E-state index in [4.69, 9.17) is 23.2 Å². The first-order chi connectivity index (χ1) is 17.3. The Labute approximate surface area is 226 Å². The maximum absolute atomic E-state index is 13.4. The van der Waals surface area contributed by atoms with Crippen LogP contribution >= 0.6 is 34.5 Å². The summed E-state index contributed by atoms with van der Waals surface area (Å²) in [6.45, 7) is 2.63. The normalized spacial score (nSPS) is 19.6. The minimum Gasteiger partial charge on any atom is -0.340 e. The lowest BCUT2D eigenvalue weighted by molar-refractivity contribution is -0.132. The van der Waals surface area contributed by atoms with Crippen molar-refractivity contribution < 1.29 is 13.2 Å². The Morgan fingerprint density at radius 1 is 0.889 bits per heavy atom. The topological polar surface area (TPSA) is 60.9 Å². The minimum absolute atomic E-state index is 0.00465. The summed E-state index contributed by atoms with van der Waals surface area (Å²) in [5.41, 5.74) is 2.36. The average Bonchev–Trinajstić information content (AvgIpc) is 3.19. The average molecular weight is 565 g/mol. The van der Waals surface area contributed by atoms with E-state index in [-0.39, 0.29) is 29.9 Å². The van der Waals surface area contributed by atoms with Crippen molar-refractivity contribution in [1.82, 2.24) is 14.1 Å². The van der Waals surface area contributed by atoms with Crippen LogP contribution in [0.15, 0.2) is 64.9 Å². The summed E-state index contributed by atoms with van der Waals surface area (Å²) < 4.78 is 27.7. The van der Waals surface area contributed by atoms with Gasteiger partial charge in [0, 0.05) is 47.6 Å². The Hall–Kier alpha value is -1.94. The summed E-state index contributed by atoms with van der Waals surface area (Å²) in [5.74, 6) is 0.0263. The lowest BCUT2D eigenvalue weighted by atomic mass is 9.93. The Bertz CT molecular complexity index is 1330. The molecule has 0 saturated carbocycles. The van der Waals surface area contributed by atoms with Crippen LogP contribution in [0.3, 0.4) is 0 Å². The largest absolute Gasteiger partial charge is 0.340 e. The highest BCUT2D eigenvalue weighted by atomic mass is 35.5. The molecule has 2 aliphatic rings. The number of benzene rings is 2. The third kappa shape index (κ3) is 5.35. The van der Waals surface area contributed by atoms with Crippen LogP contribution < -0.4 is 0 Å². The highest BCUT2D eigenvalue weighted by molar-refractivity contribution is 7.89. The van der Waals surface area contributed by atoms with Crippen LogP contribution in [0.4, 0.5) is 0 Å². The number of carbonyl (C=O) groups is 1. The third-order valence-corrected chi connectivity index (χ3v) is 10.3. The second-order valence-electron chi connectivity index (χ2n) is 9.07. The second-order valence-corrected chi connectivity index (χ2v) is 12.9. The molecular formula is C26H27Cl2N3O3S2. The molecule has 10 heteroatoms. The number of sulfonamides is 1. The summed E-state index contributed by atoms with van der Waals surface area (Å²) in [4.78, 5) is 19.1. The van der Waals surface area contributed by atoms with Gasteiger partial charge in [-0.2, -0.15) is 4.31 Å². The fourth-order valence-corrected chi connectivity index (χ4v) is 7.61. The van der Waals surface area contributed by atoms with E-state index < -0.39 is 10.0 Å². The number of rotatable bonds is 5. The lowest BCUT2D eigenvalue weighted by Gasteiger charge is -2.37. The number of nitrogens with zero attached hydrogens (tertiary/aromatic N) is 3. The van der Waals surface area contributed by atoms with Crippen LogP contribution in [0.1, 0.15) is 28.5 Å². The van der Waals surface area contributed by atoms with E-state index in [0.717, 1.165) is 18.5 Å². The van der Waals surface area contributed by atoms with Gasteiger partial charge in [0.2, 0.25) is 15.9 Å². The Morgan fingerprint density at radius 2 is 1.58 bits per heavy atom. The molecule has 0 spiro atoms. The first kappa shape index (κ1) is 25.7. The molecule has 6 nitrogen and oxygen atoms in total. The molecule has 1 fully saturated rings. The van der Waals surface area contributed by atoms with Crippen LogP contribution in [-0.4, -0.2) is 67.7 Å². The quantitative estimate of drug-likeness (QED) is 0.441. The molecule has 0 aliphatic carbocycles. The Kier molecular flexibility index (Phi) is 7.72. The summed E-state index contributed by atoms with van der Waals surface area (Å²) in [5, 5.41) is 3.29. The van der Waals surface area contributed by atoms with E-state index >= 15 is 0 Å². The third-order valence-electron chi connectivity index (χ3n) is 6.85. The smallest absolute Gasteiger partial charge is 0.243 e. The monoisotopic (exact) mass is 563 g/mol. The van der Waals surface area contributed by atoms with Gasteiger partial charge in [0.05, 0.1) is 17.5 Å². The van der Waals surface area contributed by atoms with E-state index in [1.165, 1.54) is 26.9 Å². The van der Waals surface area contributed by atoms with E-state index in [1.54, 1.807) is 28.4 Å². The van der Waals surface area contributed by atoms with Crippen molar-refractivity contribution in [2.45, 2.75) is 23.8 Å². The van der Waals surface area contributed by atoms with Gasteiger partial charge in [-0.05, 0) is 71.8 Å². The lowest BCUT2D eigenvalue weighted by Crippen LogP contribution is -2.45. The maximum Gasteiger partial charge on any atom is 0.243 e. The molecule has 1 aromatic heterocycles. The van der Waals surface area contributed by atoms with Gasteiger partial charge >= 0.3 is 0 Å². The summed E-state index contributed by atoms with van der Waals surface area (Å²) in [6, 6.07) is 16.2. The van der Waals surface area contributed by atoms with Gasteiger partial charge in [-0.1, -0.05) is 35.3 Å². The molecule has 3 aromatic rings. The van der Waals surface area contributed by atoms with Crippen molar-refractivity contribution in [2.24, 2.45) is 0 Å². The number of amides is 1. The highest BCUT2D eigenvalue weighted by Gasteiger charge is 2.33. The summed E-state index contributed by atoms with van der Waals surface area (Å²) in [7, 11) is -3.64. The van der Waals surface area contributed by atoms with Gasteiger partial charge in [0.25, 0.3) is 0 Å². The van der Waals surface area contributed by atoms with E-state index in [9.17, 15) is 13.2 Å². The van der Waals surface area contributed by atoms with Gasteiger partial charge in [-0.15, -0.1) is 11.3 Å². The molecule has 1 atom stereocenters. The van der Waals surface area contributed by atoms with Crippen molar-refractivity contribution in [3.8, 4) is 0 Å². The number of thiophene rings is 1. The van der Waals surface area contributed by atoms with Crippen LogP contribution in [0.25, 0.3) is 0 Å². The van der Waals surface area contributed by atoms with E-state index in [1.807, 2.05) is 24.3 Å². The number of carbonyl (C=O) groups excluding carboxylic acids is 1. The first-order valence-electron chi connectivity index (χ1n) is 11.9. The molecule has 36 heavy (non-hydrogen) atoms.